The summed E-state index contributed by atoms with van der Waals surface area (Å²) in [5.74, 6) is -6.67. The van der Waals surface area contributed by atoms with Gasteiger partial charge in [0.15, 0.2) is 23.3 Å². The number of nitrogens with one attached hydrogen (secondary N) is 1. The molecule has 0 spiro atoms. The predicted molar refractivity (Wildman–Crippen MR) is 79.3 cm³/mol. The fourth-order valence-corrected chi connectivity index (χ4v) is 2.04. The van der Waals surface area contributed by atoms with E-state index in [1.54, 1.807) is 13.0 Å². The summed E-state index contributed by atoms with van der Waals surface area (Å²) in [5, 5.41) is 2.34. The molecule has 0 aliphatic heterocycles. The summed E-state index contributed by atoms with van der Waals surface area (Å²) in [6.45, 7) is 7.31. The minimum atomic E-state index is -1.84. The zero-order chi connectivity index (χ0) is 16.6. The number of aryl methyl sites for hydroxylation is 2. The molecule has 0 saturated carbocycles. The molecule has 0 saturated heterocycles. The first-order valence-corrected chi connectivity index (χ1v) is 6.39. The molecule has 0 unspecified atom stereocenters. The van der Waals surface area contributed by atoms with Crippen molar-refractivity contribution in [1.29, 1.82) is 0 Å². The highest BCUT2D eigenvalue weighted by Crippen LogP contribution is 2.32. The molecule has 0 radical (unpaired) electrons. The summed E-state index contributed by atoms with van der Waals surface area (Å²) < 4.78 is 54.2. The van der Waals surface area contributed by atoms with Gasteiger partial charge in [-0.15, -0.1) is 0 Å². The monoisotopic (exact) mass is 310 g/mol. The van der Waals surface area contributed by atoms with Crippen molar-refractivity contribution < 1.29 is 17.6 Å². The number of hydrogen-bond acceptors (Lipinski definition) is 2. The molecule has 22 heavy (non-hydrogen) atoms. The Labute approximate surface area is 125 Å². The van der Waals surface area contributed by atoms with E-state index < -0.39 is 34.6 Å². The first-order chi connectivity index (χ1) is 10.2. The second-order valence-corrected chi connectivity index (χ2v) is 4.97. The van der Waals surface area contributed by atoms with E-state index in [0.29, 0.717) is 5.56 Å². The van der Waals surface area contributed by atoms with Crippen molar-refractivity contribution in [1.82, 2.24) is 0 Å². The van der Waals surface area contributed by atoms with Crippen molar-refractivity contribution in [3.63, 3.8) is 0 Å². The van der Waals surface area contributed by atoms with Crippen molar-refractivity contribution in [2.75, 3.05) is 11.1 Å². The lowest BCUT2D eigenvalue weighted by Crippen LogP contribution is -2.10. The van der Waals surface area contributed by atoms with Gasteiger partial charge in [0.25, 0.3) is 0 Å². The molecule has 0 heterocycles. The van der Waals surface area contributed by atoms with Gasteiger partial charge in [0.2, 0.25) is 0 Å². The molecular formula is C16H14F4N2. The highest BCUT2D eigenvalue weighted by atomic mass is 19.2. The number of halogens is 4. The lowest BCUT2D eigenvalue weighted by molar-refractivity contribution is 0.441. The topological polar surface area (TPSA) is 38.0 Å². The van der Waals surface area contributed by atoms with Gasteiger partial charge in [-0.2, -0.15) is 0 Å². The largest absolute Gasteiger partial charge is 0.394 e. The maximum Gasteiger partial charge on any atom is 0.198 e. The average Bonchev–Trinajstić information content (AvgIpc) is 2.49. The summed E-state index contributed by atoms with van der Waals surface area (Å²) in [6.07, 6.45) is 0. The van der Waals surface area contributed by atoms with E-state index in [1.807, 2.05) is 19.1 Å². The van der Waals surface area contributed by atoms with E-state index >= 15 is 0 Å². The average molecular weight is 310 g/mol. The van der Waals surface area contributed by atoms with Crippen molar-refractivity contribution >= 4 is 17.1 Å². The number of rotatable bonds is 3. The van der Waals surface area contributed by atoms with Crippen LogP contribution in [0.5, 0.6) is 0 Å². The van der Waals surface area contributed by atoms with Gasteiger partial charge in [0, 0.05) is 11.3 Å². The molecule has 0 amide bonds. The fraction of sp³-hybridized carbons (Fsp3) is 0.125. The fourth-order valence-electron chi connectivity index (χ4n) is 2.04. The molecule has 0 bridgehead atoms. The van der Waals surface area contributed by atoms with E-state index in [4.69, 9.17) is 5.73 Å². The lowest BCUT2D eigenvalue weighted by Gasteiger charge is -2.15. The van der Waals surface area contributed by atoms with Crippen molar-refractivity contribution in [2.24, 2.45) is 0 Å². The molecular weight excluding hydrogens is 296 g/mol. The molecule has 0 atom stereocenters. The summed E-state index contributed by atoms with van der Waals surface area (Å²) in [7, 11) is 0. The van der Waals surface area contributed by atoms with Gasteiger partial charge in [-0.05, 0) is 25.5 Å². The Morgan fingerprint density at radius 3 is 2.27 bits per heavy atom. The van der Waals surface area contributed by atoms with Crippen LogP contribution < -0.4 is 11.1 Å². The molecule has 2 rings (SSSR count). The summed E-state index contributed by atoms with van der Waals surface area (Å²) in [5.41, 5.74) is 5.59. The van der Waals surface area contributed by atoms with Crippen molar-refractivity contribution in [3.8, 4) is 0 Å². The zero-order valence-electron chi connectivity index (χ0n) is 12.0. The molecule has 116 valence electrons. The number of anilines is 2. The lowest BCUT2D eigenvalue weighted by atomic mass is 10.0. The van der Waals surface area contributed by atoms with E-state index in [1.165, 1.54) is 0 Å². The van der Waals surface area contributed by atoms with Crippen LogP contribution in [0.1, 0.15) is 16.7 Å². The quantitative estimate of drug-likeness (QED) is 0.378. The summed E-state index contributed by atoms with van der Waals surface area (Å²) in [6, 6.07) is 5.43. The second kappa shape index (κ2) is 5.71. The van der Waals surface area contributed by atoms with Crippen LogP contribution in [0.4, 0.5) is 28.9 Å². The third-order valence-corrected chi connectivity index (χ3v) is 3.29. The Bertz CT molecular complexity index is 740. The van der Waals surface area contributed by atoms with Crippen molar-refractivity contribution in [3.05, 3.63) is 64.7 Å². The molecule has 0 aliphatic carbocycles. The van der Waals surface area contributed by atoms with Gasteiger partial charge >= 0.3 is 0 Å². The normalized spacial score (nSPS) is 10.6. The number of nitrogen functional groups attached to an aromatic ring is 1. The highest BCUT2D eigenvalue weighted by molar-refractivity contribution is 5.78. The van der Waals surface area contributed by atoms with Crippen LogP contribution in [0, 0.1) is 37.1 Å². The van der Waals surface area contributed by atoms with Crippen LogP contribution >= 0.6 is 0 Å². The van der Waals surface area contributed by atoms with Gasteiger partial charge in [0.1, 0.15) is 11.4 Å². The van der Waals surface area contributed by atoms with Crippen LogP contribution in [0.2, 0.25) is 0 Å². The Kier molecular flexibility index (Phi) is 4.12. The maximum absolute atomic E-state index is 13.9. The molecule has 2 nitrogen and oxygen atoms in total. The summed E-state index contributed by atoms with van der Waals surface area (Å²) in [4.78, 5) is 0. The Morgan fingerprint density at radius 2 is 1.64 bits per heavy atom. The molecule has 0 fully saturated rings. The standard InChI is InChI=1S/C16H14F4N2/c1-7-4-5-8(2)10(6-7)9(3)22-16-13(19)11(17)12(18)15(21)14(16)20/h4-6,22H,3,21H2,1-2H3. The van der Waals surface area contributed by atoms with Crippen LogP contribution in [0.25, 0.3) is 5.70 Å². The smallest absolute Gasteiger partial charge is 0.198 e. The van der Waals surface area contributed by atoms with E-state index in [0.717, 1.165) is 11.1 Å². The van der Waals surface area contributed by atoms with Gasteiger partial charge in [-0.25, -0.2) is 17.6 Å². The third kappa shape index (κ3) is 2.64. The van der Waals surface area contributed by atoms with Gasteiger partial charge < -0.3 is 11.1 Å². The molecule has 0 aromatic heterocycles. The number of hydrogen-bond donors (Lipinski definition) is 2. The second-order valence-electron chi connectivity index (χ2n) is 4.97. The van der Waals surface area contributed by atoms with E-state index in [9.17, 15) is 17.6 Å². The highest BCUT2D eigenvalue weighted by Gasteiger charge is 2.24. The van der Waals surface area contributed by atoms with Gasteiger partial charge in [-0.1, -0.05) is 24.3 Å². The predicted octanol–water partition coefficient (Wildman–Crippen LogP) is 4.52. The number of nitrogens with two attached hydrogens (primary N) is 1. The maximum atomic E-state index is 13.9. The SMILES string of the molecule is C=C(Nc1c(F)c(N)c(F)c(F)c1F)c1cc(C)ccc1C. The molecule has 6 heteroatoms. The molecule has 0 aliphatic rings. The van der Waals surface area contributed by atoms with Gasteiger partial charge in [0.05, 0.1) is 0 Å². The minimum absolute atomic E-state index is 0.143. The first-order valence-electron chi connectivity index (χ1n) is 6.39. The van der Waals surface area contributed by atoms with Crippen LogP contribution in [0.15, 0.2) is 24.8 Å². The molecule has 2 aromatic carbocycles. The van der Waals surface area contributed by atoms with Crippen LogP contribution in [0.3, 0.4) is 0 Å². The Hall–Kier alpha value is -2.50. The zero-order valence-corrected chi connectivity index (χ0v) is 12.0. The van der Waals surface area contributed by atoms with E-state index in [-0.39, 0.29) is 5.70 Å². The van der Waals surface area contributed by atoms with Crippen molar-refractivity contribution in [2.45, 2.75) is 13.8 Å². The van der Waals surface area contributed by atoms with Crippen LogP contribution in [-0.2, 0) is 0 Å². The van der Waals surface area contributed by atoms with Crippen LogP contribution in [-0.4, -0.2) is 0 Å². The number of benzene rings is 2. The Balaban J connectivity index is 2.47. The third-order valence-electron chi connectivity index (χ3n) is 3.29. The Morgan fingerprint density at radius 1 is 1.00 bits per heavy atom. The molecule has 2 aromatic rings. The minimum Gasteiger partial charge on any atom is -0.394 e. The molecule has 3 N–H and O–H groups in total. The van der Waals surface area contributed by atoms with Gasteiger partial charge in [-0.3, -0.25) is 0 Å². The first kappa shape index (κ1) is 15.9. The summed E-state index contributed by atoms with van der Waals surface area (Å²) >= 11 is 0. The van der Waals surface area contributed by atoms with E-state index in [2.05, 4.69) is 11.9 Å².